The predicted molar refractivity (Wildman–Crippen MR) is 112 cm³/mol. The van der Waals surface area contributed by atoms with Crippen LogP contribution in [0, 0.1) is 0 Å². The average Bonchev–Trinajstić information content (AvgIpc) is 3.54. The van der Waals surface area contributed by atoms with E-state index in [1.165, 1.54) is 17.4 Å². The number of likely N-dealkylation sites (tertiary alicyclic amines) is 1. The van der Waals surface area contributed by atoms with Gasteiger partial charge in [-0.3, -0.25) is 19.2 Å². The molecule has 2 fully saturated rings. The number of rotatable bonds is 10. The topological polar surface area (TPSA) is 194 Å². The number of nitrogens with zero attached hydrogens (tertiary/aromatic N) is 2. The summed E-state index contributed by atoms with van der Waals surface area (Å²) in [5.41, 5.74) is 0.509. The number of aromatic nitrogens is 2. The minimum absolute atomic E-state index is 0.0260. The number of nitrogens with one attached hydrogen (secondary N) is 4. The van der Waals surface area contributed by atoms with E-state index in [4.69, 9.17) is 5.11 Å². The standard InChI is InChI=1S/C20H28N6O7/c27-16(28)8-14(20(32)33)25-17(29)13(7-11-9-21-10-23-11)24-18(30)15-4-2-6-26(15)19(31)12-3-1-5-22-12/h9-10,12-15,22H,1-8H2,(H,21,23)(H,24,30)(H,25,29)(H,27,28)(H,32,33). The fourth-order valence-electron chi connectivity index (χ4n) is 4.14. The van der Waals surface area contributed by atoms with Crippen molar-refractivity contribution >= 4 is 29.7 Å². The Bertz CT molecular complexity index is 883. The molecule has 0 radical (unpaired) electrons. The average molecular weight is 464 g/mol. The molecule has 3 amide bonds. The zero-order chi connectivity index (χ0) is 24.0. The van der Waals surface area contributed by atoms with Crippen molar-refractivity contribution in [2.45, 2.75) is 62.7 Å². The third kappa shape index (κ3) is 6.28. The van der Waals surface area contributed by atoms with Gasteiger partial charge in [-0.25, -0.2) is 9.78 Å². The van der Waals surface area contributed by atoms with Crippen LogP contribution < -0.4 is 16.0 Å². The van der Waals surface area contributed by atoms with Crippen LogP contribution in [0.1, 0.15) is 37.8 Å². The van der Waals surface area contributed by atoms with E-state index < -0.39 is 48.3 Å². The van der Waals surface area contributed by atoms with Crippen molar-refractivity contribution in [2.75, 3.05) is 13.1 Å². The number of amides is 3. The number of hydrogen-bond acceptors (Lipinski definition) is 7. The Labute approximate surface area is 189 Å². The highest BCUT2D eigenvalue weighted by atomic mass is 16.4. The van der Waals surface area contributed by atoms with Crippen LogP contribution in [0.4, 0.5) is 0 Å². The molecule has 3 rings (SSSR count). The smallest absolute Gasteiger partial charge is 0.326 e. The molecule has 0 aromatic carbocycles. The number of carbonyl (C=O) groups excluding carboxylic acids is 3. The van der Waals surface area contributed by atoms with Gasteiger partial charge in [0.25, 0.3) is 0 Å². The van der Waals surface area contributed by atoms with Gasteiger partial charge in [-0.2, -0.15) is 0 Å². The van der Waals surface area contributed by atoms with Crippen LogP contribution in [0.5, 0.6) is 0 Å². The Kier molecular flexibility index (Phi) is 7.98. The van der Waals surface area contributed by atoms with Gasteiger partial charge in [0, 0.05) is 24.9 Å². The second-order valence-electron chi connectivity index (χ2n) is 8.18. The van der Waals surface area contributed by atoms with Gasteiger partial charge < -0.3 is 36.0 Å². The summed E-state index contributed by atoms with van der Waals surface area (Å²) in [5, 5.41) is 26.1. The molecule has 2 aliphatic rings. The summed E-state index contributed by atoms with van der Waals surface area (Å²) in [7, 11) is 0. The second-order valence-corrected chi connectivity index (χ2v) is 8.18. The van der Waals surface area contributed by atoms with Crippen molar-refractivity contribution in [3.8, 4) is 0 Å². The third-order valence-electron chi connectivity index (χ3n) is 5.80. The van der Waals surface area contributed by atoms with Gasteiger partial charge in [-0.1, -0.05) is 0 Å². The van der Waals surface area contributed by atoms with Crippen molar-refractivity contribution < 1.29 is 34.2 Å². The number of carboxylic acid groups (broad SMARTS) is 2. The van der Waals surface area contributed by atoms with Crippen molar-refractivity contribution in [3.63, 3.8) is 0 Å². The summed E-state index contributed by atoms with van der Waals surface area (Å²) in [4.78, 5) is 69.2. The van der Waals surface area contributed by atoms with E-state index in [-0.39, 0.29) is 18.4 Å². The molecule has 1 aromatic heterocycles. The van der Waals surface area contributed by atoms with Crippen molar-refractivity contribution in [1.82, 2.24) is 30.8 Å². The number of imidazole rings is 1. The minimum Gasteiger partial charge on any atom is -0.481 e. The van der Waals surface area contributed by atoms with Crippen LogP contribution in [0.25, 0.3) is 0 Å². The number of aromatic amines is 1. The van der Waals surface area contributed by atoms with Crippen LogP contribution >= 0.6 is 0 Å². The maximum Gasteiger partial charge on any atom is 0.326 e. The van der Waals surface area contributed by atoms with Crippen molar-refractivity contribution in [1.29, 1.82) is 0 Å². The van der Waals surface area contributed by atoms with E-state index in [0.29, 0.717) is 31.5 Å². The first kappa shape index (κ1) is 24.2. The zero-order valence-corrected chi connectivity index (χ0v) is 18.0. The molecule has 6 N–H and O–H groups in total. The molecule has 0 spiro atoms. The lowest BCUT2D eigenvalue weighted by Crippen LogP contribution is -2.57. The molecule has 3 heterocycles. The fraction of sp³-hybridized carbons (Fsp3) is 0.600. The van der Waals surface area contributed by atoms with Gasteiger partial charge in [0.05, 0.1) is 18.8 Å². The van der Waals surface area contributed by atoms with E-state index in [2.05, 4.69) is 25.9 Å². The summed E-state index contributed by atoms with van der Waals surface area (Å²) < 4.78 is 0. The van der Waals surface area contributed by atoms with Crippen LogP contribution in [0.3, 0.4) is 0 Å². The van der Waals surface area contributed by atoms with Gasteiger partial charge >= 0.3 is 11.9 Å². The Hall–Kier alpha value is -3.48. The predicted octanol–water partition coefficient (Wildman–Crippen LogP) is -1.78. The zero-order valence-electron chi connectivity index (χ0n) is 18.0. The van der Waals surface area contributed by atoms with Gasteiger partial charge in [0.1, 0.15) is 18.1 Å². The van der Waals surface area contributed by atoms with Gasteiger partial charge in [0.2, 0.25) is 17.7 Å². The molecular weight excluding hydrogens is 436 g/mol. The van der Waals surface area contributed by atoms with E-state index in [1.54, 1.807) is 0 Å². The largest absolute Gasteiger partial charge is 0.481 e. The SMILES string of the molecule is O=C(O)CC(NC(=O)C(Cc1cnc[nH]1)NC(=O)C1CCCN1C(=O)C1CCCN1)C(=O)O. The summed E-state index contributed by atoms with van der Waals surface area (Å²) >= 11 is 0. The number of hydrogen-bond donors (Lipinski definition) is 6. The Morgan fingerprint density at radius 1 is 1.12 bits per heavy atom. The molecule has 0 saturated carbocycles. The maximum absolute atomic E-state index is 13.1. The number of aliphatic carboxylic acids is 2. The first-order chi connectivity index (χ1) is 15.8. The quantitative estimate of drug-likeness (QED) is 0.232. The molecule has 13 heteroatoms. The van der Waals surface area contributed by atoms with Crippen LogP contribution in [0.2, 0.25) is 0 Å². The lowest BCUT2D eigenvalue weighted by atomic mass is 10.1. The molecule has 4 unspecified atom stereocenters. The van der Waals surface area contributed by atoms with Crippen LogP contribution in [-0.4, -0.2) is 92.0 Å². The normalized spacial score (nSPS) is 21.9. The number of H-pyrrole nitrogens is 1. The molecule has 180 valence electrons. The summed E-state index contributed by atoms with van der Waals surface area (Å²) in [6.45, 7) is 1.18. The van der Waals surface area contributed by atoms with E-state index in [1.807, 2.05) is 0 Å². The Morgan fingerprint density at radius 2 is 1.91 bits per heavy atom. The monoisotopic (exact) mass is 464 g/mol. The molecule has 0 bridgehead atoms. The molecule has 33 heavy (non-hydrogen) atoms. The molecular formula is C20H28N6O7. The first-order valence-electron chi connectivity index (χ1n) is 10.8. The molecule has 2 saturated heterocycles. The third-order valence-corrected chi connectivity index (χ3v) is 5.80. The lowest BCUT2D eigenvalue weighted by molar-refractivity contribution is -0.147. The highest BCUT2D eigenvalue weighted by Gasteiger charge is 2.39. The number of carboxylic acids is 2. The first-order valence-corrected chi connectivity index (χ1v) is 10.8. The van der Waals surface area contributed by atoms with Gasteiger partial charge in [-0.05, 0) is 32.2 Å². The molecule has 13 nitrogen and oxygen atoms in total. The lowest BCUT2D eigenvalue weighted by Gasteiger charge is -2.28. The fourth-order valence-corrected chi connectivity index (χ4v) is 4.14. The number of carbonyl (C=O) groups is 5. The highest BCUT2D eigenvalue weighted by Crippen LogP contribution is 2.21. The Balaban J connectivity index is 1.71. The van der Waals surface area contributed by atoms with E-state index >= 15 is 0 Å². The minimum atomic E-state index is -1.66. The molecule has 4 atom stereocenters. The summed E-state index contributed by atoms with van der Waals surface area (Å²) in [6, 6.07) is -3.92. The molecule has 2 aliphatic heterocycles. The highest BCUT2D eigenvalue weighted by molar-refractivity contribution is 5.95. The summed E-state index contributed by atoms with van der Waals surface area (Å²) in [5.74, 6) is -4.41. The van der Waals surface area contributed by atoms with Crippen LogP contribution in [0.15, 0.2) is 12.5 Å². The van der Waals surface area contributed by atoms with Gasteiger partial charge in [0.15, 0.2) is 0 Å². The maximum atomic E-state index is 13.1. The second kappa shape index (κ2) is 10.9. The van der Waals surface area contributed by atoms with Crippen LogP contribution in [-0.2, 0) is 30.4 Å². The van der Waals surface area contributed by atoms with Crippen molar-refractivity contribution in [2.24, 2.45) is 0 Å². The Morgan fingerprint density at radius 3 is 2.52 bits per heavy atom. The van der Waals surface area contributed by atoms with Crippen molar-refractivity contribution in [3.05, 3.63) is 18.2 Å². The van der Waals surface area contributed by atoms with E-state index in [0.717, 1.165) is 13.0 Å². The summed E-state index contributed by atoms with van der Waals surface area (Å²) in [6.07, 6.45) is 4.68. The molecule has 0 aliphatic carbocycles. The van der Waals surface area contributed by atoms with Gasteiger partial charge in [-0.15, -0.1) is 0 Å². The molecule has 1 aromatic rings. The van der Waals surface area contributed by atoms with E-state index in [9.17, 15) is 29.1 Å².